The highest BCUT2D eigenvalue weighted by atomic mass is 35.5. The molecule has 0 unspecified atom stereocenters. The molecule has 1 aromatic carbocycles. The first kappa shape index (κ1) is 16.3. The number of rotatable bonds is 4. The number of aromatic nitrogens is 3. The van der Waals surface area contributed by atoms with E-state index in [4.69, 9.17) is 11.6 Å². The number of halogens is 1. The average molecular weight is 346 g/mol. The predicted molar refractivity (Wildman–Crippen MR) is 92.5 cm³/mol. The van der Waals surface area contributed by atoms with Gasteiger partial charge >= 0.3 is 5.97 Å². The van der Waals surface area contributed by atoms with Crippen molar-refractivity contribution < 1.29 is 9.90 Å². The second-order valence-electron chi connectivity index (χ2n) is 5.47. The van der Waals surface area contributed by atoms with Gasteiger partial charge in [0.15, 0.2) is 0 Å². The molecule has 0 saturated carbocycles. The van der Waals surface area contributed by atoms with Crippen LogP contribution in [0.1, 0.15) is 12.6 Å². The van der Waals surface area contributed by atoms with E-state index in [0.717, 1.165) is 22.2 Å². The van der Waals surface area contributed by atoms with E-state index in [1.165, 1.54) is 10.7 Å². The Morgan fingerprint density at radius 3 is 2.71 bits per heavy atom. The summed E-state index contributed by atoms with van der Waals surface area (Å²) in [7, 11) is 0. The maximum absolute atomic E-state index is 11.8. The van der Waals surface area contributed by atoms with E-state index in [2.05, 4.69) is 5.10 Å². The van der Waals surface area contributed by atoms with Gasteiger partial charge in [0.1, 0.15) is 6.54 Å². The molecule has 0 bridgehead atoms. The Morgan fingerprint density at radius 1 is 1.29 bits per heavy atom. The zero-order valence-electron chi connectivity index (χ0n) is 13.3. The van der Waals surface area contributed by atoms with E-state index < -0.39 is 5.97 Å². The molecular formula is C17H16ClN3O3. The molecule has 3 rings (SSSR count). The minimum absolute atomic E-state index is 0.155. The highest BCUT2D eigenvalue weighted by molar-refractivity contribution is 6.31. The van der Waals surface area contributed by atoms with Crippen LogP contribution in [-0.4, -0.2) is 25.4 Å². The zero-order valence-corrected chi connectivity index (χ0v) is 14.0. The number of benzene rings is 1. The largest absolute Gasteiger partial charge is 0.480 e. The van der Waals surface area contributed by atoms with Crippen LogP contribution in [0, 0.1) is 6.92 Å². The number of hydrogen-bond donors (Lipinski definition) is 1. The molecule has 2 aromatic heterocycles. The SMILES string of the molecule is CCn1nc(-c2c(C)n(CC(=O)O)c3ccc(Cl)cc23)ccc1=O. The molecular weight excluding hydrogens is 330 g/mol. The molecule has 0 saturated heterocycles. The van der Waals surface area contributed by atoms with Gasteiger partial charge in [-0.25, -0.2) is 4.68 Å². The second-order valence-corrected chi connectivity index (χ2v) is 5.91. The molecule has 0 fully saturated rings. The molecule has 124 valence electrons. The fraction of sp³-hybridized carbons (Fsp3) is 0.235. The highest BCUT2D eigenvalue weighted by Gasteiger charge is 2.19. The number of nitrogens with zero attached hydrogens (tertiary/aromatic N) is 3. The summed E-state index contributed by atoms with van der Waals surface area (Å²) < 4.78 is 3.09. The van der Waals surface area contributed by atoms with Crippen molar-refractivity contribution in [1.29, 1.82) is 0 Å². The van der Waals surface area contributed by atoms with Gasteiger partial charge in [-0.2, -0.15) is 5.10 Å². The van der Waals surface area contributed by atoms with Crippen LogP contribution in [-0.2, 0) is 17.9 Å². The third-order valence-corrected chi connectivity index (χ3v) is 4.24. The van der Waals surface area contributed by atoms with E-state index in [0.29, 0.717) is 17.3 Å². The lowest BCUT2D eigenvalue weighted by molar-refractivity contribution is -0.137. The molecule has 0 aliphatic heterocycles. The number of carboxylic acid groups (broad SMARTS) is 1. The molecule has 2 heterocycles. The lowest BCUT2D eigenvalue weighted by atomic mass is 10.1. The topological polar surface area (TPSA) is 77.1 Å². The van der Waals surface area contributed by atoms with E-state index in [-0.39, 0.29) is 12.1 Å². The molecule has 3 aromatic rings. The third kappa shape index (κ3) is 2.69. The van der Waals surface area contributed by atoms with Crippen molar-refractivity contribution in [2.24, 2.45) is 0 Å². The molecule has 0 atom stereocenters. The van der Waals surface area contributed by atoms with Gasteiger partial charge in [-0.3, -0.25) is 9.59 Å². The van der Waals surface area contributed by atoms with Crippen molar-refractivity contribution >= 4 is 28.5 Å². The average Bonchev–Trinajstić information content (AvgIpc) is 2.79. The summed E-state index contributed by atoms with van der Waals surface area (Å²) in [6, 6.07) is 8.44. The summed E-state index contributed by atoms with van der Waals surface area (Å²) in [6.07, 6.45) is 0. The van der Waals surface area contributed by atoms with Gasteiger partial charge < -0.3 is 9.67 Å². The predicted octanol–water partition coefficient (Wildman–Crippen LogP) is 2.93. The summed E-state index contributed by atoms with van der Waals surface area (Å²) in [6.45, 7) is 3.99. The van der Waals surface area contributed by atoms with Crippen molar-refractivity contribution in [2.45, 2.75) is 26.9 Å². The van der Waals surface area contributed by atoms with Crippen LogP contribution in [0.25, 0.3) is 22.2 Å². The Balaban J connectivity index is 2.35. The second kappa shape index (κ2) is 6.13. The quantitative estimate of drug-likeness (QED) is 0.788. The van der Waals surface area contributed by atoms with E-state index in [1.54, 1.807) is 28.8 Å². The zero-order chi connectivity index (χ0) is 17.4. The molecule has 0 aliphatic rings. The van der Waals surface area contributed by atoms with Gasteiger partial charge in [-0.05, 0) is 38.1 Å². The number of aryl methyl sites for hydroxylation is 1. The van der Waals surface area contributed by atoms with Crippen LogP contribution in [0.15, 0.2) is 35.1 Å². The third-order valence-electron chi connectivity index (χ3n) is 4.00. The highest BCUT2D eigenvalue weighted by Crippen LogP contribution is 2.34. The summed E-state index contributed by atoms with van der Waals surface area (Å²) in [5.74, 6) is -0.928. The standard InChI is InChI=1S/C17H16ClN3O3/c1-3-21-15(22)7-5-13(19-21)17-10(2)20(9-16(23)24)14-6-4-11(18)8-12(14)17/h4-8H,3,9H2,1-2H3,(H,23,24). The number of hydrogen-bond acceptors (Lipinski definition) is 3. The van der Waals surface area contributed by atoms with E-state index >= 15 is 0 Å². The number of aliphatic carboxylic acids is 1. The number of fused-ring (bicyclic) bond motifs is 1. The smallest absolute Gasteiger partial charge is 0.323 e. The number of carboxylic acids is 1. The first-order valence-corrected chi connectivity index (χ1v) is 7.89. The van der Waals surface area contributed by atoms with Crippen molar-refractivity contribution in [3.63, 3.8) is 0 Å². The van der Waals surface area contributed by atoms with Gasteiger partial charge in [0, 0.05) is 39.8 Å². The van der Waals surface area contributed by atoms with E-state index in [9.17, 15) is 14.7 Å². The summed E-state index contributed by atoms with van der Waals surface area (Å²) in [5.41, 5.74) is 2.77. The maximum atomic E-state index is 11.8. The Hall–Kier alpha value is -2.60. The lowest BCUT2D eigenvalue weighted by Gasteiger charge is -2.07. The normalized spacial score (nSPS) is 11.1. The van der Waals surface area contributed by atoms with Gasteiger partial charge in [0.2, 0.25) is 0 Å². The monoisotopic (exact) mass is 345 g/mol. The first-order chi connectivity index (χ1) is 11.4. The molecule has 0 spiro atoms. The van der Waals surface area contributed by atoms with Crippen molar-refractivity contribution in [1.82, 2.24) is 14.3 Å². The molecule has 0 amide bonds. The molecule has 7 heteroatoms. The first-order valence-electron chi connectivity index (χ1n) is 7.51. The van der Waals surface area contributed by atoms with Gasteiger partial charge in [0.05, 0.1) is 5.69 Å². The van der Waals surface area contributed by atoms with Gasteiger partial charge in [-0.15, -0.1) is 0 Å². The van der Waals surface area contributed by atoms with Crippen LogP contribution in [0.3, 0.4) is 0 Å². The van der Waals surface area contributed by atoms with Crippen molar-refractivity contribution in [3.05, 3.63) is 51.4 Å². The van der Waals surface area contributed by atoms with Gasteiger partial charge in [0.25, 0.3) is 5.56 Å². The Morgan fingerprint density at radius 2 is 2.04 bits per heavy atom. The molecule has 24 heavy (non-hydrogen) atoms. The summed E-state index contributed by atoms with van der Waals surface area (Å²) >= 11 is 6.13. The van der Waals surface area contributed by atoms with Crippen LogP contribution >= 0.6 is 11.6 Å². The Bertz CT molecular complexity index is 1000. The maximum Gasteiger partial charge on any atom is 0.323 e. The fourth-order valence-corrected chi connectivity index (χ4v) is 3.10. The molecule has 0 radical (unpaired) electrons. The van der Waals surface area contributed by atoms with Crippen LogP contribution < -0.4 is 5.56 Å². The minimum atomic E-state index is -0.928. The van der Waals surface area contributed by atoms with Crippen LogP contribution in [0.4, 0.5) is 0 Å². The van der Waals surface area contributed by atoms with Crippen molar-refractivity contribution in [3.8, 4) is 11.3 Å². The Kier molecular flexibility index (Phi) is 4.15. The van der Waals surface area contributed by atoms with E-state index in [1.807, 2.05) is 13.8 Å². The molecule has 1 N–H and O–H groups in total. The lowest BCUT2D eigenvalue weighted by Crippen LogP contribution is -2.21. The van der Waals surface area contributed by atoms with Crippen LogP contribution in [0.2, 0.25) is 5.02 Å². The van der Waals surface area contributed by atoms with Crippen molar-refractivity contribution in [2.75, 3.05) is 0 Å². The Labute approximate surface area is 142 Å². The van der Waals surface area contributed by atoms with Gasteiger partial charge in [-0.1, -0.05) is 11.6 Å². The van der Waals surface area contributed by atoms with Crippen LogP contribution in [0.5, 0.6) is 0 Å². The fourth-order valence-electron chi connectivity index (χ4n) is 2.93. The summed E-state index contributed by atoms with van der Waals surface area (Å²) in [4.78, 5) is 23.0. The number of carbonyl (C=O) groups is 1. The molecule has 6 nitrogen and oxygen atoms in total. The molecule has 0 aliphatic carbocycles. The minimum Gasteiger partial charge on any atom is -0.480 e. The summed E-state index contributed by atoms with van der Waals surface area (Å²) in [5, 5.41) is 15.0.